The van der Waals surface area contributed by atoms with E-state index in [0.717, 1.165) is 38.3 Å². The number of sulfonamides is 1. The first-order valence-electron chi connectivity index (χ1n) is 11.8. The fourth-order valence-corrected chi connectivity index (χ4v) is 5.20. The topological polar surface area (TPSA) is 145 Å². The molecule has 3 aromatic rings. The number of carboxylic acids is 1. The van der Waals surface area contributed by atoms with Crippen LogP contribution in [-0.2, 0) is 14.8 Å². The van der Waals surface area contributed by atoms with Gasteiger partial charge in [-0.2, -0.15) is 4.72 Å². The van der Waals surface area contributed by atoms with Crippen molar-refractivity contribution in [2.75, 3.05) is 42.5 Å². The largest absolute Gasteiger partial charge is 0.480 e. The number of amides is 1. The van der Waals surface area contributed by atoms with E-state index >= 15 is 0 Å². The van der Waals surface area contributed by atoms with E-state index in [9.17, 15) is 23.1 Å². The molecule has 0 bridgehead atoms. The molecule has 1 atom stereocenters. The maximum absolute atomic E-state index is 12.6. The second kappa shape index (κ2) is 11.8. The lowest BCUT2D eigenvalue weighted by molar-refractivity contribution is -0.138. The summed E-state index contributed by atoms with van der Waals surface area (Å²) in [7, 11) is -4.06. The molecule has 1 amide bonds. The smallest absolute Gasteiger partial charge is 0.323 e. The number of benzene rings is 2. The van der Waals surface area contributed by atoms with Gasteiger partial charge in [0.2, 0.25) is 16.0 Å². The van der Waals surface area contributed by atoms with Gasteiger partial charge in [-0.05, 0) is 48.9 Å². The Bertz CT molecular complexity index is 1310. The van der Waals surface area contributed by atoms with Crippen molar-refractivity contribution in [1.29, 1.82) is 0 Å². The third-order valence-corrected chi connectivity index (χ3v) is 7.43. The molecular formula is C25H28N6O5S. The molecule has 194 valence electrons. The fourth-order valence-electron chi connectivity index (χ4n) is 3.98. The molecule has 1 aliphatic heterocycles. The summed E-state index contributed by atoms with van der Waals surface area (Å²) < 4.78 is 27.1. The van der Waals surface area contributed by atoms with Crippen LogP contribution >= 0.6 is 0 Å². The molecule has 1 saturated heterocycles. The van der Waals surface area contributed by atoms with Gasteiger partial charge in [0.1, 0.15) is 6.04 Å². The molecule has 1 aliphatic rings. The number of hydrogen-bond acceptors (Lipinski definition) is 8. The standard InChI is InChI=1S/C25H28N6O5S/c32-23(28-18-22(24(33)34)29-37(35,36)21-6-2-1-3-7-21)19-8-10-20(11-9-19)30-14-5-15-31(17-16-30)25-26-12-4-13-27-25/h1-4,6-13,22,29H,5,14-18H2,(H,28,32)(H,33,34)/t22-/m0/s1. The van der Waals surface area contributed by atoms with Crippen molar-refractivity contribution in [3.8, 4) is 0 Å². The molecular weight excluding hydrogens is 496 g/mol. The molecule has 3 N–H and O–H groups in total. The Hall–Kier alpha value is -4.03. The Morgan fingerprint density at radius 2 is 1.54 bits per heavy atom. The first-order chi connectivity index (χ1) is 17.8. The lowest BCUT2D eigenvalue weighted by Gasteiger charge is -2.24. The number of hydrogen-bond donors (Lipinski definition) is 3. The normalized spacial score (nSPS) is 15.0. The molecule has 1 fully saturated rings. The number of nitrogens with zero attached hydrogens (tertiary/aromatic N) is 4. The van der Waals surface area contributed by atoms with Crippen LogP contribution in [0.4, 0.5) is 11.6 Å². The van der Waals surface area contributed by atoms with Crippen molar-refractivity contribution in [3.63, 3.8) is 0 Å². The van der Waals surface area contributed by atoms with E-state index in [2.05, 4.69) is 29.8 Å². The van der Waals surface area contributed by atoms with Crippen LogP contribution < -0.4 is 19.8 Å². The van der Waals surface area contributed by atoms with Gasteiger partial charge in [0, 0.05) is 56.4 Å². The molecule has 0 saturated carbocycles. The number of anilines is 2. The van der Waals surface area contributed by atoms with Gasteiger partial charge in [-0.25, -0.2) is 18.4 Å². The van der Waals surface area contributed by atoms with Gasteiger partial charge < -0.3 is 20.2 Å². The van der Waals surface area contributed by atoms with E-state index < -0.39 is 34.5 Å². The minimum Gasteiger partial charge on any atom is -0.480 e. The summed E-state index contributed by atoms with van der Waals surface area (Å²) in [6.07, 6.45) is 4.38. The molecule has 11 nitrogen and oxygen atoms in total. The highest BCUT2D eigenvalue weighted by atomic mass is 32.2. The fraction of sp³-hybridized carbons (Fsp3) is 0.280. The minimum absolute atomic E-state index is 0.0592. The molecule has 12 heteroatoms. The van der Waals surface area contributed by atoms with Crippen LogP contribution in [0.5, 0.6) is 0 Å². The Kier molecular flexibility index (Phi) is 8.31. The van der Waals surface area contributed by atoms with E-state index in [0.29, 0.717) is 11.5 Å². The van der Waals surface area contributed by atoms with Crippen molar-refractivity contribution in [2.45, 2.75) is 17.4 Å². The van der Waals surface area contributed by atoms with Gasteiger partial charge in [0.25, 0.3) is 5.91 Å². The molecule has 2 heterocycles. The SMILES string of the molecule is O=C(NC[C@H](NS(=O)(=O)c1ccccc1)C(=O)O)c1ccc(N2CCCN(c3ncccn3)CC2)cc1. The first kappa shape index (κ1) is 26.0. The Morgan fingerprint density at radius 3 is 2.22 bits per heavy atom. The van der Waals surface area contributed by atoms with E-state index in [-0.39, 0.29) is 4.90 Å². The molecule has 0 spiro atoms. The van der Waals surface area contributed by atoms with Gasteiger partial charge in [-0.1, -0.05) is 18.2 Å². The number of carbonyl (C=O) groups is 2. The summed E-state index contributed by atoms with van der Waals surface area (Å²) in [5, 5.41) is 12.0. The zero-order valence-corrected chi connectivity index (χ0v) is 20.8. The highest BCUT2D eigenvalue weighted by Gasteiger charge is 2.26. The number of aliphatic carboxylic acids is 1. The van der Waals surface area contributed by atoms with Crippen LogP contribution in [0.2, 0.25) is 0 Å². The minimum atomic E-state index is -4.06. The molecule has 1 aromatic heterocycles. The summed E-state index contributed by atoms with van der Waals surface area (Å²) in [5.74, 6) is -1.19. The number of carbonyl (C=O) groups excluding carboxylic acids is 1. The lowest BCUT2D eigenvalue weighted by Crippen LogP contribution is -2.48. The zero-order chi connectivity index (χ0) is 26.3. The zero-order valence-electron chi connectivity index (χ0n) is 20.0. The van der Waals surface area contributed by atoms with E-state index in [4.69, 9.17) is 0 Å². The first-order valence-corrected chi connectivity index (χ1v) is 13.3. The molecule has 0 unspecified atom stereocenters. The van der Waals surface area contributed by atoms with Crippen molar-refractivity contribution in [3.05, 3.63) is 78.6 Å². The quantitative estimate of drug-likeness (QED) is 0.378. The van der Waals surface area contributed by atoms with Crippen LogP contribution in [0, 0.1) is 0 Å². The maximum atomic E-state index is 12.6. The third-order valence-electron chi connectivity index (χ3n) is 5.94. The molecule has 37 heavy (non-hydrogen) atoms. The second-order valence-electron chi connectivity index (χ2n) is 8.46. The predicted molar refractivity (Wildman–Crippen MR) is 138 cm³/mol. The van der Waals surface area contributed by atoms with Crippen molar-refractivity contribution < 1.29 is 23.1 Å². The number of rotatable bonds is 9. The summed E-state index contributed by atoms with van der Waals surface area (Å²) in [4.78, 5) is 37.2. The van der Waals surface area contributed by atoms with Gasteiger partial charge in [0.15, 0.2) is 0 Å². The van der Waals surface area contributed by atoms with E-state index in [1.165, 1.54) is 24.3 Å². The van der Waals surface area contributed by atoms with Crippen LogP contribution in [0.1, 0.15) is 16.8 Å². The van der Waals surface area contributed by atoms with E-state index in [1.807, 2.05) is 12.1 Å². The van der Waals surface area contributed by atoms with Gasteiger partial charge in [-0.15, -0.1) is 0 Å². The Morgan fingerprint density at radius 1 is 0.892 bits per heavy atom. The predicted octanol–water partition coefficient (Wildman–Crippen LogP) is 1.35. The Labute approximate surface area is 215 Å². The van der Waals surface area contributed by atoms with Crippen LogP contribution in [-0.4, -0.2) is 74.1 Å². The number of carboxylic acid groups (broad SMARTS) is 1. The van der Waals surface area contributed by atoms with Crippen molar-refractivity contribution in [1.82, 2.24) is 20.0 Å². The van der Waals surface area contributed by atoms with Crippen LogP contribution in [0.3, 0.4) is 0 Å². The number of nitrogens with one attached hydrogen (secondary N) is 2. The van der Waals surface area contributed by atoms with Gasteiger partial charge in [-0.3, -0.25) is 9.59 Å². The molecule has 2 aromatic carbocycles. The lowest BCUT2D eigenvalue weighted by atomic mass is 10.1. The summed E-state index contributed by atoms with van der Waals surface area (Å²) in [6, 6.07) is 14.7. The number of aromatic nitrogens is 2. The van der Waals surface area contributed by atoms with Gasteiger partial charge in [0.05, 0.1) is 4.90 Å². The van der Waals surface area contributed by atoms with Crippen LogP contribution in [0.15, 0.2) is 78.0 Å². The monoisotopic (exact) mass is 524 g/mol. The van der Waals surface area contributed by atoms with Crippen molar-refractivity contribution in [2.24, 2.45) is 0 Å². The summed E-state index contributed by atoms with van der Waals surface area (Å²) in [5.41, 5.74) is 1.30. The Balaban J connectivity index is 1.33. The second-order valence-corrected chi connectivity index (χ2v) is 10.2. The van der Waals surface area contributed by atoms with Crippen molar-refractivity contribution >= 4 is 33.5 Å². The summed E-state index contributed by atoms with van der Waals surface area (Å²) in [6.45, 7) is 2.81. The molecule has 0 radical (unpaired) electrons. The van der Waals surface area contributed by atoms with Gasteiger partial charge >= 0.3 is 5.97 Å². The van der Waals surface area contributed by atoms with E-state index in [1.54, 1.807) is 36.7 Å². The summed E-state index contributed by atoms with van der Waals surface area (Å²) >= 11 is 0. The third kappa shape index (κ3) is 6.80. The average molecular weight is 525 g/mol. The molecule has 0 aliphatic carbocycles. The molecule has 4 rings (SSSR count). The average Bonchev–Trinajstić information content (AvgIpc) is 3.18. The van der Waals surface area contributed by atoms with Crippen LogP contribution in [0.25, 0.3) is 0 Å². The highest BCUT2D eigenvalue weighted by Crippen LogP contribution is 2.19. The maximum Gasteiger partial charge on any atom is 0.323 e. The highest BCUT2D eigenvalue weighted by molar-refractivity contribution is 7.89.